The highest BCUT2D eigenvalue weighted by Gasteiger charge is 2.55. The second kappa shape index (κ2) is 7.92. The average molecular weight is 429 g/mol. The van der Waals surface area contributed by atoms with Gasteiger partial charge in [0.1, 0.15) is 18.3 Å². The lowest BCUT2D eigenvalue weighted by atomic mass is 9.83. The molecular formula is C25H32O6. The molecule has 1 saturated heterocycles. The van der Waals surface area contributed by atoms with Gasteiger partial charge in [0.2, 0.25) is 5.79 Å². The zero-order valence-electron chi connectivity index (χ0n) is 19.2. The molecule has 0 spiro atoms. The van der Waals surface area contributed by atoms with Gasteiger partial charge in [0.25, 0.3) is 0 Å². The Morgan fingerprint density at radius 1 is 1.23 bits per heavy atom. The van der Waals surface area contributed by atoms with Crippen molar-refractivity contribution in [2.45, 2.75) is 77.7 Å². The van der Waals surface area contributed by atoms with Gasteiger partial charge < -0.3 is 18.9 Å². The third-order valence-electron chi connectivity index (χ3n) is 6.17. The smallest absolute Gasteiger partial charge is 0.334 e. The van der Waals surface area contributed by atoms with E-state index < -0.39 is 47.6 Å². The predicted molar refractivity (Wildman–Crippen MR) is 117 cm³/mol. The maximum Gasteiger partial charge on any atom is 0.334 e. The van der Waals surface area contributed by atoms with Gasteiger partial charge in [-0.3, -0.25) is 0 Å². The molecule has 0 aromatic rings. The van der Waals surface area contributed by atoms with Crippen molar-refractivity contribution in [1.82, 2.24) is 0 Å². The van der Waals surface area contributed by atoms with E-state index in [2.05, 4.69) is 19.7 Å². The van der Waals surface area contributed by atoms with Crippen LogP contribution in [0.4, 0.5) is 0 Å². The summed E-state index contributed by atoms with van der Waals surface area (Å²) in [6, 6.07) is 0. The van der Waals surface area contributed by atoms with Gasteiger partial charge in [0.15, 0.2) is 0 Å². The summed E-state index contributed by atoms with van der Waals surface area (Å²) in [7, 11) is 0. The van der Waals surface area contributed by atoms with Crippen LogP contribution >= 0.6 is 0 Å². The van der Waals surface area contributed by atoms with Gasteiger partial charge >= 0.3 is 11.9 Å². The second-order valence-electron chi connectivity index (χ2n) is 9.38. The molecule has 3 aliphatic heterocycles. The fourth-order valence-electron chi connectivity index (χ4n) is 4.19. The Hall–Kier alpha value is -2.44. The van der Waals surface area contributed by atoms with Crippen molar-refractivity contribution >= 4 is 11.9 Å². The largest absolute Gasteiger partial charge is 0.458 e. The summed E-state index contributed by atoms with van der Waals surface area (Å²) in [5.41, 5.74) is 2.48. The summed E-state index contributed by atoms with van der Waals surface area (Å²) >= 11 is 0. The van der Waals surface area contributed by atoms with E-state index in [4.69, 9.17) is 18.9 Å². The van der Waals surface area contributed by atoms with Crippen LogP contribution in [0.3, 0.4) is 0 Å². The van der Waals surface area contributed by atoms with E-state index in [0.717, 1.165) is 16.7 Å². The monoisotopic (exact) mass is 428 g/mol. The lowest BCUT2D eigenvalue weighted by Gasteiger charge is -2.37. The molecule has 0 aliphatic carbocycles. The minimum absolute atomic E-state index is 0.274. The van der Waals surface area contributed by atoms with Crippen molar-refractivity contribution in [3.05, 3.63) is 59.8 Å². The molecule has 31 heavy (non-hydrogen) atoms. The van der Waals surface area contributed by atoms with Gasteiger partial charge in [-0.2, -0.15) is 0 Å². The molecule has 5 unspecified atom stereocenters. The first kappa shape index (κ1) is 23.2. The summed E-state index contributed by atoms with van der Waals surface area (Å²) in [5.74, 6) is -2.73. The maximum absolute atomic E-state index is 12.5. The van der Waals surface area contributed by atoms with Crippen molar-refractivity contribution in [1.29, 1.82) is 0 Å². The van der Waals surface area contributed by atoms with E-state index in [1.165, 1.54) is 0 Å². The van der Waals surface area contributed by atoms with Gasteiger partial charge in [0, 0.05) is 17.6 Å². The summed E-state index contributed by atoms with van der Waals surface area (Å²) < 4.78 is 24.3. The number of carbonyl (C=O) groups excluding carboxylic acids is 2. The number of carbonyl (C=O) groups is 2. The van der Waals surface area contributed by atoms with Gasteiger partial charge in [-0.25, -0.2) is 9.59 Å². The highest BCUT2D eigenvalue weighted by Crippen LogP contribution is 2.46. The SMILES string of the molecule is C=C(C)C(=O)OC1CC(C)=CC2(OC(C)(C)C(=C)C)C=C(C)C(O2)C2OC(=O)C(=C)C12. The Balaban J connectivity index is 2.08. The lowest BCUT2D eigenvalue weighted by molar-refractivity contribution is -0.233. The zero-order chi connectivity index (χ0) is 23.3. The topological polar surface area (TPSA) is 71.1 Å². The first-order valence-electron chi connectivity index (χ1n) is 10.4. The number of hydrogen-bond acceptors (Lipinski definition) is 6. The van der Waals surface area contributed by atoms with Gasteiger partial charge in [0.05, 0.1) is 11.5 Å². The van der Waals surface area contributed by atoms with Crippen LogP contribution in [0.2, 0.25) is 0 Å². The van der Waals surface area contributed by atoms with Gasteiger partial charge in [-0.1, -0.05) is 25.3 Å². The first-order valence-corrected chi connectivity index (χ1v) is 10.4. The first-order chi connectivity index (χ1) is 14.3. The van der Waals surface area contributed by atoms with E-state index in [1.54, 1.807) is 6.92 Å². The fraction of sp³-hybridized carbons (Fsp3) is 0.520. The molecule has 0 aromatic carbocycles. The van der Waals surface area contributed by atoms with Crippen molar-refractivity contribution in [2.75, 3.05) is 0 Å². The highest BCUT2D eigenvalue weighted by molar-refractivity contribution is 5.91. The summed E-state index contributed by atoms with van der Waals surface area (Å²) in [4.78, 5) is 24.8. The number of rotatable bonds is 5. The normalized spacial score (nSPS) is 32.7. The van der Waals surface area contributed by atoms with Crippen molar-refractivity contribution in [3.63, 3.8) is 0 Å². The third-order valence-corrected chi connectivity index (χ3v) is 6.17. The predicted octanol–water partition coefficient (Wildman–Crippen LogP) is 4.33. The van der Waals surface area contributed by atoms with Crippen molar-refractivity contribution < 1.29 is 28.5 Å². The summed E-state index contributed by atoms with van der Waals surface area (Å²) in [5, 5.41) is 0. The molecule has 0 amide bonds. The second-order valence-corrected chi connectivity index (χ2v) is 9.38. The summed E-state index contributed by atoms with van der Waals surface area (Å²) in [6.07, 6.45) is 2.29. The van der Waals surface area contributed by atoms with Gasteiger partial charge in [-0.15, -0.1) is 0 Å². The molecule has 1 fully saturated rings. The maximum atomic E-state index is 12.5. The number of ether oxygens (including phenoxy) is 4. The van der Waals surface area contributed by atoms with E-state index in [1.807, 2.05) is 46.8 Å². The Labute approximate surface area is 184 Å². The van der Waals surface area contributed by atoms with E-state index >= 15 is 0 Å². The molecule has 6 nitrogen and oxygen atoms in total. The van der Waals surface area contributed by atoms with E-state index in [9.17, 15) is 9.59 Å². The van der Waals surface area contributed by atoms with Crippen LogP contribution in [-0.2, 0) is 28.5 Å². The van der Waals surface area contributed by atoms with Crippen LogP contribution in [0.1, 0.15) is 48.0 Å². The van der Waals surface area contributed by atoms with Crippen LogP contribution in [0.25, 0.3) is 0 Å². The molecule has 0 N–H and O–H groups in total. The molecule has 0 saturated carbocycles. The number of fused-ring (bicyclic) bond motifs is 4. The van der Waals surface area contributed by atoms with Crippen LogP contribution in [0.5, 0.6) is 0 Å². The number of hydrogen-bond donors (Lipinski definition) is 0. The molecule has 168 valence electrons. The molecule has 3 heterocycles. The van der Waals surface area contributed by atoms with Crippen molar-refractivity contribution in [3.8, 4) is 0 Å². The molecule has 6 heteroatoms. The number of esters is 2. The lowest BCUT2D eigenvalue weighted by Crippen LogP contribution is -2.44. The van der Waals surface area contributed by atoms with Crippen LogP contribution in [0.15, 0.2) is 59.8 Å². The van der Waals surface area contributed by atoms with Crippen LogP contribution < -0.4 is 0 Å². The zero-order valence-corrected chi connectivity index (χ0v) is 19.2. The Bertz CT molecular complexity index is 920. The standard InChI is InChI=1S/C25H32O6/c1-13(2)22(26)28-18-10-15(5)11-25(31-24(8,9)14(3)4)12-16(6)20(30-25)21-19(18)17(7)23(27)29-21/h11-12,18-21H,1,3,7,10H2,2,4-6,8-9H3. The van der Waals surface area contributed by atoms with Crippen LogP contribution in [0, 0.1) is 5.92 Å². The minimum atomic E-state index is -1.16. The molecule has 0 radical (unpaired) electrons. The Morgan fingerprint density at radius 3 is 2.45 bits per heavy atom. The molecule has 2 bridgehead atoms. The quantitative estimate of drug-likeness (QED) is 0.369. The molecule has 3 rings (SSSR count). The summed E-state index contributed by atoms with van der Waals surface area (Å²) in [6.45, 7) is 22.8. The highest BCUT2D eigenvalue weighted by atomic mass is 16.7. The molecule has 0 aromatic heterocycles. The Kier molecular flexibility index (Phi) is 5.93. The third kappa shape index (κ3) is 4.32. The molecule has 3 aliphatic rings. The van der Waals surface area contributed by atoms with Crippen molar-refractivity contribution in [2.24, 2.45) is 5.92 Å². The average Bonchev–Trinajstić information content (AvgIpc) is 3.10. The van der Waals surface area contributed by atoms with E-state index in [-0.39, 0.29) is 11.1 Å². The molecular weight excluding hydrogens is 396 g/mol. The molecule has 5 atom stereocenters. The van der Waals surface area contributed by atoms with Crippen LogP contribution in [-0.4, -0.2) is 41.6 Å². The van der Waals surface area contributed by atoms with E-state index in [0.29, 0.717) is 6.42 Å². The Morgan fingerprint density at radius 2 is 1.87 bits per heavy atom. The van der Waals surface area contributed by atoms with Gasteiger partial charge in [-0.05, 0) is 64.8 Å². The fourth-order valence-corrected chi connectivity index (χ4v) is 4.19. The minimum Gasteiger partial charge on any atom is -0.458 e.